The molecule has 0 spiro atoms. The van der Waals surface area contributed by atoms with Gasteiger partial charge in [-0.3, -0.25) is 10.2 Å². The fourth-order valence-corrected chi connectivity index (χ4v) is 4.59. The van der Waals surface area contributed by atoms with Gasteiger partial charge < -0.3 is 11.1 Å². The molecular weight excluding hydrogens is 284 g/mol. The summed E-state index contributed by atoms with van der Waals surface area (Å²) in [4.78, 5) is 2.48. The molecule has 3 saturated heterocycles. The van der Waals surface area contributed by atoms with Crippen LogP contribution in [-0.2, 0) is 0 Å². The van der Waals surface area contributed by atoms with Crippen LogP contribution in [0.2, 0.25) is 0 Å². The quantitative estimate of drug-likeness (QED) is 0.595. The minimum absolute atomic E-state index is 0.0437. The van der Waals surface area contributed by atoms with Crippen LogP contribution in [0.15, 0.2) is 30.3 Å². The van der Waals surface area contributed by atoms with Gasteiger partial charge in [-0.15, -0.1) is 0 Å². The molecule has 1 aromatic rings. The number of piperazine rings is 1. The van der Waals surface area contributed by atoms with E-state index in [1.807, 2.05) is 17.8 Å². The van der Waals surface area contributed by atoms with Gasteiger partial charge in [0.2, 0.25) is 0 Å². The normalized spacial score (nSPS) is 37.8. The van der Waals surface area contributed by atoms with Gasteiger partial charge in [-0.1, -0.05) is 42.1 Å². The number of fused-ring (bicyclic) bond motifs is 1. The average Bonchev–Trinajstić information content (AvgIpc) is 3.09. The van der Waals surface area contributed by atoms with Crippen molar-refractivity contribution in [1.82, 2.24) is 26.0 Å². The van der Waals surface area contributed by atoms with Crippen molar-refractivity contribution in [2.24, 2.45) is 5.73 Å². The van der Waals surface area contributed by atoms with E-state index in [4.69, 9.17) is 5.73 Å². The molecule has 4 atom stereocenters. The van der Waals surface area contributed by atoms with E-state index in [0.29, 0.717) is 5.50 Å². The molecule has 114 valence electrons. The SMILES string of the molecule is NC1C(c2ccccc2)NC2SC(N3CCNCC3)NN21. The van der Waals surface area contributed by atoms with E-state index in [1.54, 1.807) is 0 Å². The largest absolute Gasteiger partial charge is 0.314 e. The Morgan fingerprint density at radius 1 is 1.10 bits per heavy atom. The highest BCUT2D eigenvalue weighted by Gasteiger charge is 2.47. The molecule has 0 amide bonds. The standard InChI is InChI=1S/C14H22N6S/c15-12-11(10-4-2-1-3-5-10)17-13-20(12)18-14(21-13)19-8-6-16-7-9-19/h1-5,11-14,16-18H,6-9,15H2. The van der Waals surface area contributed by atoms with Crippen molar-refractivity contribution in [1.29, 1.82) is 0 Å². The Hall–Kier alpha value is -0.670. The van der Waals surface area contributed by atoms with E-state index in [2.05, 4.69) is 50.2 Å². The number of thioether (sulfide) groups is 1. The summed E-state index contributed by atoms with van der Waals surface area (Å²) < 4.78 is 0. The van der Waals surface area contributed by atoms with Crippen molar-refractivity contribution >= 4 is 11.8 Å². The minimum atomic E-state index is -0.0437. The number of rotatable bonds is 2. The van der Waals surface area contributed by atoms with Gasteiger partial charge in [0.05, 0.1) is 12.2 Å². The fourth-order valence-electron chi connectivity index (χ4n) is 3.23. The van der Waals surface area contributed by atoms with Crippen molar-refractivity contribution in [2.45, 2.75) is 23.2 Å². The van der Waals surface area contributed by atoms with Crippen LogP contribution in [-0.4, -0.2) is 53.2 Å². The lowest BCUT2D eigenvalue weighted by molar-refractivity contribution is 0.101. The number of hydrogen-bond acceptors (Lipinski definition) is 7. The first kappa shape index (κ1) is 14.0. The molecule has 0 aromatic heterocycles. The first-order valence-electron chi connectivity index (χ1n) is 7.54. The number of nitrogens with two attached hydrogens (primary N) is 1. The van der Waals surface area contributed by atoms with Crippen molar-refractivity contribution in [2.75, 3.05) is 26.2 Å². The number of benzene rings is 1. The van der Waals surface area contributed by atoms with Crippen LogP contribution in [0.25, 0.3) is 0 Å². The van der Waals surface area contributed by atoms with Crippen LogP contribution in [0.4, 0.5) is 0 Å². The molecule has 1 aromatic carbocycles. The van der Waals surface area contributed by atoms with Crippen molar-refractivity contribution in [3.8, 4) is 0 Å². The molecule has 0 radical (unpaired) electrons. The summed E-state index contributed by atoms with van der Waals surface area (Å²) in [7, 11) is 0. The Balaban J connectivity index is 1.44. The Bertz CT molecular complexity index is 480. The zero-order valence-electron chi connectivity index (χ0n) is 11.9. The minimum Gasteiger partial charge on any atom is -0.314 e. The number of hydrazine groups is 1. The zero-order chi connectivity index (χ0) is 14.2. The molecule has 3 aliphatic rings. The molecule has 21 heavy (non-hydrogen) atoms. The van der Waals surface area contributed by atoms with Crippen molar-refractivity contribution in [3.05, 3.63) is 35.9 Å². The average molecular weight is 306 g/mol. The lowest BCUT2D eigenvalue weighted by Gasteiger charge is -2.33. The molecule has 0 saturated carbocycles. The third kappa shape index (κ3) is 2.59. The maximum atomic E-state index is 6.44. The summed E-state index contributed by atoms with van der Waals surface area (Å²) >= 11 is 1.91. The third-order valence-corrected chi connectivity index (χ3v) is 5.68. The highest BCUT2D eigenvalue weighted by molar-refractivity contribution is 8.00. The topological polar surface area (TPSA) is 68.6 Å². The van der Waals surface area contributed by atoms with Gasteiger partial charge in [-0.25, -0.2) is 5.43 Å². The van der Waals surface area contributed by atoms with Crippen LogP contribution < -0.4 is 21.8 Å². The molecular formula is C14H22N6S. The van der Waals surface area contributed by atoms with E-state index in [9.17, 15) is 0 Å². The number of nitrogens with zero attached hydrogens (tertiary/aromatic N) is 2. The summed E-state index contributed by atoms with van der Waals surface area (Å²) in [5.41, 5.74) is 11.8. The lowest BCUT2D eigenvalue weighted by Crippen LogP contribution is -2.55. The fraction of sp³-hybridized carbons (Fsp3) is 0.571. The van der Waals surface area contributed by atoms with Crippen molar-refractivity contribution < 1.29 is 0 Å². The summed E-state index contributed by atoms with van der Waals surface area (Å²) in [5.74, 6) is 0. The first-order chi connectivity index (χ1) is 10.3. The predicted molar refractivity (Wildman–Crippen MR) is 84.9 cm³/mol. The third-order valence-electron chi connectivity index (χ3n) is 4.40. The van der Waals surface area contributed by atoms with Crippen LogP contribution >= 0.6 is 11.8 Å². The van der Waals surface area contributed by atoms with Gasteiger partial charge in [0.15, 0.2) is 0 Å². The van der Waals surface area contributed by atoms with Crippen LogP contribution in [0.3, 0.4) is 0 Å². The highest BCUT2D eigenvalue weighted by atomic mass is 32.2. The van der Waals surface area contributed by atoms with E-state index in [1.165, 1.54) is 5.56 Å². The maximum absolute atomic E-state index is 6.44. The summed E-state index contributed by atoms with van der Waals surface area (Å²) in [6.07, 6.45) is -0.0437. The first-order valence-corrected chi connectivity index (χ1v) is 8.48. The summed E-state index contributed by atoms with van der Waals surface area (Å²) in [6, 6.07) is 10.6. The van der Waals surface area contributed by atoms with E-state index >= 15 is 0 Å². The van der Waals surface area contributed by atoms with Gasteiger partial charge in [-0.2, -0.15) is 5.01 Å². The molecule has 6 nitrogen and oxygen atoms in total. The number of nitrogens with one attached hydrogen (secondary N) is 3. The smallest absolute Gasteiger partial charge is 0.126 e. The highest BCUT2D eigenvalue weighted by Crippen LogP contribution is 2.37. The second-order valence-corrected chi connectivity index (χ2v) is 6.87. The molecule has 0 bridgehead atoms. The Kier molecular flexibility index (Phi) is 3.89. The van der Waals surface area contributed by atoms with Gasteiger partial charge in [0.1, 0.15) is 11.0 Å². The van der Waals surface area contributed by atoms with E-state index in [-0.39, 0.29) is 17.7 Å². The lowest BCUT2D eigenvalue weighted by atomic mass is 10.1. The molecule has 4 unspecified atom stereocenters. The van der Waals surface area contributed by atoms with Crippen LogP contribution in [0.5, 0.6) is 0 Å². The van der Waals surface area contributed by atoms with Gasteiger partial charge in [0, 0.05) is 26.2 Å². The molecule has 5 N–H and O–H groups in total. The van der Waals surface area contributed by atoms with Gasteiger partial charge in [-0.05, 0) is 5.56 Å². The maximum Gasteiger partial charge on any atom is 0.126 e. The van der Waals surface area contributed by atoms with Gasteiger partial charge >= 0.3 is 0 Å². The Labute approximate surface area is 129 Å². The molecule has 3 aliphatic heterocycles. The van der Waals surface area contributed by atoms with Crippen molar-refractivity contribution in [3.63, 3.8) is 0 Å². The van der Waals surface area contributed by atoms with Crippen LogP contribution in [0, 0.1) is 0 Å². The van der Waals surface area contributed by atoms with E-state index < -0.39 is 0 Å². The zero-order valence-corrected chi connectivity index (χ0v) is 12.7. The molecule has 0 aliphatic carbocycles. The predicted octanol–water partition coefficient (Wildman–Crippen LogP) is -0.358. The summed E-state index contributed by atoms with van der Waals surface area (Å²) in [5, 5.41) is 9.22. The molecule has 7 heteroatoms. The monoisotopic (exact) mass is 306 g/mol. The number of hydrogen-bond donors (Lipinski definition) is 4. The molecule has 3 fully saturated rings. The molecule has 3 heterocycles. The molecule has 4 rings (SSSR count). The van der Waals surface area contributed by atoms with Crippen LogP contribution in [0.1, 0.15) is 11.6 Å². The second-order valence-electron chi connectivity index (χ2n) is 5.71. The summed E-state index contributed by atoms with van der Waals surface area (Å²) in [6.45, 7) is 4.30. The van der Waals surface area contributed by atoms with E-state index in [0.717, 1.165) is 26.2 Å². The Morgan fingerprint density at radius 2 is 1.86 bits per heavy atom. The van der Waals surface area contributed by atoms with Gasteiger partial charge in [0.25, 0.3) is 0 Å². The second kappa shape index (κ2) is 5.85. The Morgan fingerprint density at radius 3 is 2.57 bits per heavy atom.